The molecule has 0 amide bonds. The Morgan fingerprint density at radius 3 is 1.63 bits per heavy atom. The second-order valence-corrected chi connectivity index (χ2v) is 16.3. The first kappa shape index (κ1) is 34.4. The Morgan fingerprint density at radius 1 is 0.400 bits per heavy atom. The lowest BCUT2D eigenvalue weighted by Gasteiger charge is -2.26. The summed E-state index contributed by atoms with van der Waals surface area (Å²) in [5.74, 6) is 0. The lowest BCUT2D eigenvalue weighted by atomic mass is 10.00. The molecule has 0 bridgehead atoms. The Labute approximate surface area is 351 Å². The smallest absolute Gasteiger partial charge is 0.159 e. The summed E-state index contributed by atoms with van der Waals surface area (Å²) in [4.78, 5) is 3.59. The Kier molecular flexibility index (Phi) is 8.03. The molecule has 0 atom stereocenters. The summed E-state index contributed by atoms with van der Waals surface area (Å²) in [5, 5.41) is 6.09. The third kappa shape index (κ3) is 5.65. The molecule has 3 aromatic heterocycles. The van der Waals surface area contributed by atoms with E-state index in [-0.39, 0.29) is 0 Å². The number of para-hydroxylation sites is 4. The molecular formula is C56H36N2OS. The average molecular weight is 785 g/mol. The number of benzene rings is 9. The van der Waals surface area contributed by atoms with Crippen molar-refractivity contribution in [3.63, 3.8) is 0 Å². The molecule has 0 fully saturated rings. The van der Waals surface area contributed by atoms with E-state index in [1.807, 2.05) is 23.5 Å². The van der Waals surface area contributed by atoms with Crippen molar-refractivity contribution in [2.24, 2.45) is 0 Å². The first-order valence-electron chi connectivity index (χ1n) is 20.3. The van der Waals surface area contributed by atoms with E-state index in [0.717, 1.165) is 39.0 Å². The highest BCUT2D eigenvalue weighted by molar-refractivity contribution is 7.25. The minimum Gasteiger partial charge on any atom is -0.454 e. The van der Waals surface area contributed by atoms with Crippen LogP contribution >= 0.6 is 11.3 Å². The maximum Gasteiger partial charge on any atom is 0.159 e. The minimum atomic E-state index is 0.866. The molecule has 0 aliphatic rings. The van der Waals surface area contributed by atoms with Crippen molar-refractivity contribution < 1.29 is 4.42 Å². The summed E-state index contributed by atoms with van der Waals surface area (Å²) in [5.41, 5.74) is 14.4. The SMILES string of the molecule is c1ccc(-c2ccc(-c3ccc(N(c4ccc(-c5ccc6sc7c(c6c5)c5ccccc5n7-c5ccccc5)cc4)c4cccc5c4oc4ccccc45)cc3)cc2)cc1. The lowest BCUT2D eigenvalue weighted by molar-refractivity contribution is 0.669. The zero-order valence-corrected chi connectivity index (χ0v) is 33.3. The molecule has 0 saturated carbocycles. The first-order chi connectivity index (χ1) is 29.7. The molecule has 12 rings (SSSR count). The van der Waals surface area contributed by atoms with Crippen LogP contribution in [-0.2, 0) is 0 Å². The molecule has 4 heteroatoms. The molecule has 3 heterocycles. The number of hydrogen-bond donors (Lipinski definition) is 0. The summed E-state index contributed by atoms with van der Waals surface area (Å²) in [6, 6.07) is 78.4. The largest absolute Gasteiger partial charge is 0.454 e. The third-order valence-electron chi connectivity index (χ3n) is 11.8. The van der Waals surface area contributed by atoms with Gasteiger partial charge in [0.05, 0.1) is 11.2 Å². The van der Waals surface area contributed by atoms with Gasteiger partial charge in [0.2, 0.25) is 0 Å². The topological polar surface area (TPSA) is 21.3 Å². The van der Waals surface area contributed by atoms with Crippen LogP contribution in [0.3, 0.4) is 0 Å². The number of furan rings is 1. The second kappa shape index (κ2) is 14.0. The molecule has 0 saturated heterocycles. The van der Waals surface area contributed by atoms with Crippen molar-refractivity contribution in [3.05, 3.63) is 218 Å². The molecule has 0 aliphatic carbocycles. The third-order valence-corrected chi connectivity index (χ3v) is 13.0. The zero-order chi connectivity index (χ0) is 39.6. The van der Waals surface area contributed by atoms with Gasteiger partial charge in [0, 0.05) is 48.7 Å². The maximum atomic E-state index is 6.63. The van der Waals surface area contributed by atoms with E-state index in [9.17, 15) is 0 Å². The van der Waals surface area contributed by atoms with Crippen molar-refractivity contribution in [2.45, 2.75) is 0 Å². The van der Waals surface area contributed by atoms with Crippen LogP contribution in [0.15, 0.2) is 223 Å². The van der Waals surface area contributed by atoms with E-state index in [1.54, 1.807) is 0 Å². The fourth-order valence-corrected chi connectivity index (χ4v) is 10.2. The highest BCUT2D eigenvalue weighted by Gasteiger charge is 2.21. The monoisotopic (exact) mass is 784 g/mol. The summed E-state index contributed by atoms with van der Waals surface area (Å²) in [6.07, 6.45) is 0. The van der Waals surface area contributed by atoms with Gasteiger partial charge in [0.15, 0.2) is 5.58 Å². The summed E-state index contributed by atoms with van der Waals surface area (Å²) in [6.45, 7) is 0. The van der Waals surface area contributed by atoms with Gasteiger partial charge in [0.25, 0.3) is 0 Å². The Bertz CT molecular complexity index is 3510. The van der Waals surface area contributed by atoms with Crippen LogP contribution < -0.4 is 4.90 Å². The molecule has 0 N–H and O–H groups in total. The highest BCUT2D eigenvalue weighted by Crippen LogP contribution is 2.45. The van der Waals surface area contributed by atoms with Crippen molar-refractivity contribution in [3.8, 4) is 39.1 Å². The quantitative estimate of drug-likeness (QED) is 0.161. The van der Waals surface area contributed by atoms with E-state index < -0.39 is 0 Å². The fourth-order valence-electron chi connectivity index (χ4n) is 8.93. The number of nitrogens with zero attached hydrogens (tertiary/aromatic N) is 2. The maximum absolute atomic E-state index is 6.63. The van der Waals surface area contributed by atoms with Crippen molar-refractivity contribution >= 4 is 81.5 Å². The van der Waals surface area contributed by atoms with Crippen LogP contribution in [0.4, 0.5) is 17.1 Å². The van der Waals surface area contributed by atoms with Crippen LogP contribution in [0.2, 0.25) is 0 Å². The Hall–Kier alpha value is -7.66. The number of thiophene rings is 1. The van der Waals surface area contributed by atoms with E-state index in [0.29, 0.717) is 0 Å². The average Bonchev–Trinajstić information content (AvgIpc) is 3.99. The first-order valence-corrected chi connectivity index (χ1v) is 21.1. The molecule has 0 spiro atoms. The predicted molar refractivity (Wildman–Crippen MR) is 254 cm³/mol. The molecule has 12 aromatic rings. The Morgan fingerprint density at radius 2 is 0.933 bits per heavy atom. The highest BCUT2D eigenvalue weighted by atomic mass is 32.1. The molecular weight excluding hydrogens is 749 g/mol. The van der Waals surface area contributed by atoms with E-state index in [4.69, 9.17) is 4.42 Å². The van der Waals surface area contributed by atoms with Gasteiger partial charge in [-0.25, -0.2) is 0 Å². The number of anilines is 3. The van der Waals surface area contributed by atoms with E-state index in [2.05, 4.69) is 216 Å². The van der Waals surface area contributed by atoms with Gasteiger partial charge in [-0.15, -0.1) is 11.3 Å². The van der Waals surface area contributed by atoms with Crippen LogP contribution in [0.25, 0.3) is 92.2 Å². The zero-order valence-electron chi connectivity index (χ0n) is 32.5. The van der Waals surface area contributed by atoms with Crippen molar-refractivity contribution in [1.82, 2.24) is 4.57 Å². The van der Waals surface area contributed by atoms with Crippen LogP contribution in [0, 0.1) is 0 Å². The van der Waals surface area contributed by atoms with Crippen LogP contribution in [0.5, 0.6) is 0 Å². The molecule has 3 nitrogen and oxygen atoms in total. The molecule has 9 aromatic carbocycles. The van der Waals surface area contributed by atoms with Gasteiger partial charge in [0.1, 0.15) is 10.4 Å². The van der Waals surface area contributed by atoms with Gasteiger partial charge in [-0.2, -0.15) is 0 Å². The summed E-state index contributed by atoms with van der Waals surface area (Å²) >= 11 is 1.86. The van der Waals surface area contributed by atoms with Crippen LogP contribution in [-0.4, -0.2) is 4.57 Å². The fraction of sp³-hybridized carbons (Fsp3) is 0. The Balaban J connectivity index is 0.949. The van der Waals surface area contributed by atoms with Gasteiger partial charge in [-0.05, 0) is 100 Å². The molecule has 0 unspecified atom stereocenters. The normalized spacial score (nSPS) is 11.7. The predicted octanol–water partition coefficient (Wildman–Crippen LogP) is 16.4. The number of rotatable bonds is 7. The summed E-state index contributed by atoms with van der Waals surface area (Å²) in [7, 11) is 0. The van der Waals surface area contributed by atoms with Crippen LogP contribution in [0.1, 0.15) is 0 Å². The molecule has 60 heavy (non-hydrogen) atoms. The number of fused-ring (bicyclic) bond motifs is 8. The van der Waals surface area contributed by atoms with Crippen molar-refractivity contribution in [2.75, 3.05) is 4.90 Å². The summed E-state index contributed by atoms with van der Waals surface area (Å²) < 4.78 is 10.3. The minimum absolute atomic E-state index is 0.866. The number of hydrogen-bond acceptors (Lipinski definition) is 3. The van der Waals surface area contributed by atoms with Gasteiger partial charge < -0.3 is 13.9 Å². The van der Waals surface area contributed by atoms with Gasteiger partial charge in [-0.3, -0.25) is 0 Å². The lowest BCUT2D eigenvalue weighted by Crippen LogP contribution is -2.10. The molecule has 282 valence electrons. The van der Waals surface area contributed by atoms with Gasteiger partial charge in [-0.1, -0.05) is 152 Å². The molecule has 0 aliphatic heterocycles. The van der Waals surface area contributed by atoms with Gasteiger partial charge >= 0.3 is 0 Å². The van der Waals surface area contributed by atoms with E-state index in [1.165, 1.54) is 70.3 Å². The van der Waals surface area contributed by atoms with Crippen molar-refractivity contribution in [1.29, 1.82) is 0 Å². The second-order valence-electron chi connectivity index (χ2n) is 15.3. The standard InChI is InChI=1S/C56H36N2OS/c1-3-12-37(13-4-1)38-22-24-39(25-23-38)40-26-31-44(32-27-40)57(51-20-11-18-47-46-16-8-10-21-52(46)59-55(47)51)45-33-28-41(29-34-45)42-30-35-53-49(36-42)54-48-17-7-9-19-50(48)58(56(54)60-53)43-14-5-2-6-15-43/h1-36H. The number of aromatic nitrogens is 1. The van der Waals surface area contributed by atoms with E-state index >= 15 is 0 Å². The molecule has 0 radical (unpaired) electrons.